The van der Waals surface area contributed by atoms with Crippen LogP contribution in [-0.4, -0.2) is 25.0 Å². The number of nitrogens with two attached hydrogens (primary N) is 1. The van der Waals surface area contributed by atoms with Crippen molar-refractivity contribution in [3.05, 3.63) is 23.2 Å². The number of nitrogens with one attached hydrogen (secondary N) is 1. The molecule has 1 aromatic heterocycles. The molecule has 3 N–H and O–H groups in total. The number of aryl methyl sites for hydroxylation is 1. The van der Waals surface area contributed by atoms with Crippen LogP contribution >= 0.6 is 12.4 Å². The predicted molar refractivity (Wildman–Crippen MR) is 76.7 cm³/mol. The smallest absolute Gasteiger partial charge is 0.341 e. The third kappa shape index (κ3) is 4.54. The monoisotopic (exact) mass is 304 g/mol. The van der Waals surface area contributed by atoms with Gasteiger partial charge in [0.15, 0.2) is 0 Å². The third-order valence-electron chi connectivity index (χ3n) is 2.83. The summed E-state index contributed by atoms with van der Waals surface area (Å²) in [6, 6.07) is 0.999. The van der Waals surface area contributed by atoms with Crippen molar-refractivity contribution in [1.82, 2.24) is 5.32 Å². The zero-order valence-corrected chi connectivity index (χ0v) is 12.9. The van der Waals surface area contributed by atoms with Gasteiger partial charge in [-0.3, -0.25) is 4.79 Å². The second-order valence-electron chi connectivity index (χ2n) is 4.66. The highest BCUT2D eigenvalue weighted by molar-refractivity contribution is 5.90. The first kappa shape index (κ1) is 18.5. The van der Waals surface area contributed by atoms with Gasteiger partial charge in [-0.1, -0.05) is 13.8 Å². The van der Waals surface area contributed by atoms with Crippen molar-refractivity contribution in [2.45, 2.75) is 33.4 Å². The average molecular weight is 305 g/mol. The Morgan fingerprint density at radius 2 is 2.05 bits per heavy atom. The van der Waals surface area contributed by atoms with Crippen molar-refractivity contribution in [1.29, 1.82) is 0 Å². The molecule has 0 aliphatic rings. The van der Waals surface area contributed by atoms with Crippen LogP contribution in [-0.2, 0) is 16.1 Å². The van der Waals surface area contributed by atoms with Gasteiger partial charge >= 0.3 is 5.97 Å². The first-order chi connectivity index (χ1) is 8.86. The Morgan fingerprint density at radius 3 is 2.55 bits per heavy atom. The van der Waals surface area contributed by atoms with Crippen molar-refractivity contribution >= 4 is 24.3 Å². The molecule has 0 bridgehead atoms. The van der Waals surface area contributed by atoms with Gasteiger partial charge < -0.3 is 20.2 Å². The molecule has 0 aromatic carbocycles. The maximum Gasteiger partial charge on any atom is 0.341 e. The SMILES string of the molecule is COC(=O)c1cc(CNC(=O)[C@@H](N)C(C)C)oc1C.Cl. The largest absolute Gasteiger partial charge is 0.465 e. The molecule has 1 atom stereocenters. The quantitative estimate of drug-likeness (QED) is 0.802. The van der Waals surface area contributed by atoms with E-state index in [1.807, 2.05) is 13.8 Å². The summed E-state index contributed by atoms with van der Waals surface area (Å²) in [6.07, 6.45) is 0. The molecule has 0 radical (unpaired) electrons. The van der Waals surface area contributed by atoms with Crippen LogP contribution in [0, 0.1) is 12.8 Å². The fourth-order valence-electron chi connectivity index (χ4n) is 1.54. The lowest BCUT2D eigenvalue weighted by Crippen LogP contribution is -2.43. The minimum Gasteiger partial charge on any atom is -0.465 e. The number of methoxy groups -OCH3 is 1. The molecular weight excluding hydrogens is 284 g/mol. The van der Waals surface area contributed by atoms with E-state index in [2.05, 4.69) is 10.1 Å². The molecule has 0 saturated carbocycles. The lowest BCUT2D eigenvalue weighted by molar-refractivity contribution is -0.123. The highest BCUT2D eigenvalue weighted by Crippen LogP contribution is 2.15. The summed E-state index contributed by atoms with van der Waals surface area (Å²) in [6.45, 7) is 5.60. The number of hydrogen-bond donors (Lipinski definition) is 2. The standard InChI is InChI=1S/C13H20N2O4.ClH/c1-7(2)11(14)12(16)15-6-9-5-10(8(3)19-9)13(17)18-4;/h5,7,11H,6,14H2,1-4H3,(H,15,16);1H/t11-;/m0./s1. The zero-order valence-electron chi connectivity index (χ0n) is 12.1. The van der Waals surface area contributed by atoms with Gasteiger partial charge in [-0.15, -0.1) is 12.4 Å². The molecule has 20 heavy (non-hydrogen) atoms. The molecule has 0 spiro atoms. The number of rotatable bonds is 5. The highest BCUT2D eigenvalue weighted by Gasteiger charge is 2.19. The Balaban J connectivity index is 0.00000361. The van der Waals surface area contributed by atoms with Crippen molar-refractivity contribution < 1.29 is 18.7 Å². The van der Waals surface area contributed by atoms with Crippen molar-refractivity contribution in [3.8, 4) is 0 Å². The molecule has 1 aromatic rings. The number of carbonyl (C=O) groups excluding carboxylic acids is 2. The molecule has 0 aliphatic carbocycles. The van der Waals surface area contributed by atoms with Crippen molar-refractivity contribution in [2.24, 2.45) is 11.7 Å². The Bertz CT molecular complexity index is 471. The van der Waals surface area contributed by atoms with E-state index in [9.17, 15) is 9.59 Å². The van der Waals surface area contributed by atoms with Gasteiger partial charge in [0.05, 0.1) is 19.7 Å². The summed E-state index contributed by atoms with van der Waals surface area (Å²) in [5.41, 5.74) is 6.07. The van der Waals surface area contributed by atoms with Gasteiger partial charge in [-0.05, 0) is 18.9 Å². The molecule has 0 fully saturated rings. The molecular formula is C13H21ClN2O4. The normalized spacial score (nSPS) is 11.7. The van der Waals surface area contributed by atoms with Crippen LogP contribution in [0.3, 0.4) is 0 Å². The van der Waals surface area contributed by atoms with Gasteiger partial charge in [0.2, 0.25) is 5.91 Å². The van der Waals surface area contributed by atoms with Gasteiger partial charge in [0, 0.05) is 0 Å². The Kier molecular flexibility index (Phi) is 7.31. The molecule has 0 saturated heterocycles. The number of amides is 1. The van der Waals surface area contributed by atoms with Crippen LogP contribution in [0.1, 0.15) is 35.7 Å². The molecule has 1 amide bonds. The average Bonchev–Trinajstić information content (AvgIpc) is 2.75. The Hall–Kier alpha value is -1.53. The number of furan rings is 1. The van der Waals surface area contributed by atoms with Gasteiger partial charge in [-0.25, -0.2) is 4.79 Å². The second-order valence-corrected chi connectivity index (χ2v) is 4.66. The Morgan fingerprint density at radius 1 is 1.45 bits per heavy atom. The highest BCUT2D eigenvalue weighted by atomic mass is 35.5. The van der Waals surface area contributed by atoms with Gasteiger partial charge in [-0.2, -0.15) is 0 Å². The molecule has 114 valence electrons. The van der Waals surface area contributed by atoms with Crippen molar-refractivity contribution in [3.63, 3.8) is 0 Å². The van der Waals surface area contributed by atoms with E-state index in [4.69, 9.17) is 10.2 Å². The minimum absolute atomic E-state index is 0. The third-order valence-corrected chi connectivity index (χ3v) is 2.83. The molecule has 0 unspecified atom stereocenters. The summed E-state index contributed by atoms with van der Waals surface area (Å²) in [5.74, 6) is 0.303. The van der Waals surface area contributed by atoms with Crippen LogP contribution in [0.4, 0.5) is 0 Å². The van der Waals surface area contributed by atoms with Crippen LogP contribution in [0.15, 0.2) is 10.5 Å². The first-order valence-corrected chi connectivity index (χ1v) is 6.07. The van der Waals surface area contributed by atoms with E-state index in [0.29, 0.717) is 17.1 Å². The maximum atomic E-state index is 11.7. The van der Waals surface area contributed by atoms with E-state index in [1.165, 1.54) is 7.11 Å². The molecule has 1 heterocycles. The lowest BCUT2D eigenvalue weighted by atomic mass is 10.1. The molecule has 6 nitrogen and oxygen atoms in total. The molecule has 7 heteroatoms. The molecule has 1 rings (SSSR count). The predicted octanol–water partition coefficient (Wildman–Crippen LogP) is 1.40. The van der Waals surface area contributed by atoms with Gasteiger partial charge in [0.1, 0.15) is 17.1 Å². The zero-order chi connectivity index (χ0) is 14.6. The van der Waals surface area contributed by atoms with Crippen LogP contribution < -0.4 is 11.1 Å². The van der Waals surface area contributed by atoms with Crippen LogP contribution in [0.2, 0.25) is 0 Å². The summed E-state index contributed by atoms with van der Waals surface area (Å²) in [7, 11) is 1.30. The first-order valence-electron chi connectivity index (χ1n) is 6.07. The number of ether oxygens (including phenoxy) is 1. The maximum absolute atomic E-state index is 11.7. The number of hydrogen-bond acceptors (Lipinski definition) is 5. The van der Waals surface area contributed by atoms with E-state index >= 15 is 0 Å². The lowest BCUT2D eigenvalue weighted by Gasteiger charge is -2.14. The number of halogens is 1. The summed E-state index contributed by atoms with van der Waals surface area (Å²) < 4.78 is 9.99. The fraction of sp³-hybridized carbons (Fsp3) is 0.538. The van der Waals surface area contributed by atoms with E-state index in [-0.39, 0.29) is 30.8 Å². The van der Waals surface area contributed by atoms with Crippen molar-refractivity contribution in [2.75, 3.05) is 7.11 Å². The van der Waals surface area contributed by atoms with E-state index in [1.54, 1.807) is 13.0 Å². The van der Waals surface area contributed by atoms with E-state index < -0.39 is 12.0 Å². The van der Waals surface area contributed by atoms with Crippen LogP contribution in [0.25, 0.3) is 0 Å². The Labute approximate surface area is 124 Å². The topological polar surface area (TPSA) is 94.6 Å². The number of carbonyl (C=O) groups is 2. The van der Waals surface area contributed by atoms with Gasteiger partial charge in [0.25, 0.3) is 0 Å². The van der Waals surface area contributed by atoms with Crippen LogP contribution in [0.5, 0.6) is 0 Å². The molecule has 0 aliphatic heterocycles. The number of esters is 1. The second kappa shape index (κ2) is 7.91. The fourth-order valence-corrected chi connectivity index (χ4v) is 1.54. The summed E-state index contributed by atoms with van der Waals surface area (Å²) in [4.78, 5) is 23.1. The summed E-state index contributed by atoms with van der Waals surface area (Å²) in [5, 5.41) is 2.67. The minimum atomic E-state index is -0.559. The van der Waals surface area contributed by atoms with E-state index in [0.717, 1.165) is 0 Å². The summed E-state index contributed by atoms with van der Waals surface area (Å²) >= 11 is 0.